The number of nitrogens with zero attached hydrogens (tertiary/aromatic N) is 2. The molecule has 0 atom stereocenters. The Morgan fingerprint density at radius 2 is 2.46 bits per heavy atom. The number of nitrogens with two attached hydrogens (primary N) is 1. The van der Waals surface area contributed by atoms with Crippen LogP contribution in [0.15, 0.2) is 24.5 Å². The van der Waals surface area contributed by atoms with E-state index in [4.69, 9.17) is 5.73 Å². The van der Waals surface area contributed by atoms with Crippen molar-refractivity contribution in [2.45, 2.75) is 0 Å². The van der Waals surface area contributed by atoms with Gasteiger partial charge in [0.2, 0.25) is 0 Å². The van der Waals surface area contributed by atoms with Crippen molar-refractivity contribution in [2.75, 3.05) is 20.1 Å². The first kappa shape index (κ1) is 9.67. The number of hydrogen-bond acceptors (Lipinski definition) is 3. The summed E-state index contributed by atoms with van der Waals surface area (Å²) in [6.07, 6.45) is 3.19. The van der Waals surface area contributed by atoms with Crippen LogP contribution in [0.4, 0.5) is 0 Å². The first-order valence-electron chi connectivity index (χ1n) is 4.11. The van der Waals surface area contributed by atoms with E-state index in [9.17, 15) is 4.79 Å². The van der Waals surface area contributed by atoms with Crippen LogP contribution in [0.5, 0.6) is 0 Å². The number of aromatic nitrogens is 1. The average molecular weight is 179 g/mol. The molecule has 1 heterocycles. The summed E-state index contributed by atoms with van der Waals surface area (Å²) < 4.78 is 0. The lowest BCUT2D eigenvalue weighted by Crippen LogP contribution is -2.31. The number of rotatable bonds is 3. The van der Waals surface area contributed by atoms with Gasteiger partial charge in [0.05, 0.1) is 5.56 Å². The van der Waals surface area contributed by atoms with Gasteiger partial charge in [-0.15, -0.1) is 0 Å². The fourth-order valence-corrected chi connectivity index (χ4v) is 1.00. The summed E-state index contributed by atoms with van der Waals surface area (Å²) in [4.78, 5) is 17.0. The van der Waals surface area contributed by atoms with E-state index in [1.165, 1.54) is 0 Å². The zero-order chi connectivity index (χ0) is 9.68. The van der Waals surface area contributed by atoms with Crippen LogP contribution in [0.1, 0.15) is 10.4 Å². The molecule has 1 rings (SSSR count). The maximum atomic E-state index is 11.6. The van der Waals surface area contributed by atoms with E-state index in [2.05, 4.69) is 4.98 Å². The molecule has 0 unspecified atom stereocenters. The quantitative estimate of drug-likeness (QED) is 0.716. The zero-order valence-electron chi connectivity index (χ0n) is 7.60. The van der Waals surface area contributed by atoms with Gasteiger partial charge in [0.1, 0.15) is 0 Å². The molecule has 0 saturated carbocycles. The normalized spacial score (nSPS) is 9.69. The summed E-state index contributed by atoms with van der Waals surface area (Å²) in [5, 5.41) is 0. The summed E-state index contributed by atoms with van der Waals surface area (Å²) in [6, 6.07) is 3.48. The Hall–Kier alpha value is -1.42. The van der Waals surface area contributed by atoms with Crippen molar-refractivity contribution in [1.82, 2.24) is 9.88 Å². The minimum absolute atomic E-state index is 0.0430. The van der Waals surface area contributed by atoms with E-state index >= 15 is 0 Å². The topological polar surface area (TPSA) is 59.2 Å². The van der Waals surface area contributed by atoms with Gasteiger partial charge in [-0.3, -0.25) is 9.78 Å². The maximum Gasteiger partial charge on any atom is 0.255 e. The molecule has 0 radical (unpaired) electrons. The Kier molecular flexibility index (Phi) is 3.40. The molecule has 0 fully saturated rings. The van der Waals surface area contributed by atoms with E-state index in [0.717, 1.165) is 0 Å². The predicted octanol–water partition coefficient (Wildman–Crippen LogP) is 0.112. The highest BCUT2D eigenvalue weighted by Gasteiger charge is 2.09. The fourth-order valence-electron chi connectivity index (χ4n) is 1.00. The minimum Gasteiger partial charge on any atom is -0.340 e. The molecule has 1 amide bonds. The van der Waals surface area contributed by atoms with E-state index in [0.29, 0.717) is 18.7 Å². The van der Waals surface area contributed by atoms with Crippen molar-refractivity contribution in [1.29, 1.82) is 0 Å². The van der Waals surface area contributed by atoms with Gasteiger partial charge < -0.3 is 10.6 Å². The minimum atomic E-state index is -0.0430. The second kappa shape index (κ2) is 4.57. The van der Waals surface area contributed by atoms with Gasteiger partial charge in [0.25, 0.3) is 5.91 Å². The van der Waals surface area contributed by atoms with Gasteiger partial charge in [-0.25, -0.2) is 0 Å². The maximum absolute atomic E-state index is 11.6. The summed E-state index contributed by atoms with van der Waals surface area (Å²) in [5.74, 6) is -0.0430. The van der Waals surface area contributed by atoms with E-state index in [1.807, 2.05) is 0 Å². The highest BCUT2D eigenvalue weighted by molar-refractivity contribution is 5.93. The molecule has 4 nitrogen and oxygen atoms in total. The van der Waals surface area contributed by atoms with Crippen molar-refractivity contribution in [3.8, 4) is 0 Å². The van der Waals surface area contributed by atoms with Crippen molar-refractivity contribution in [2.24, 2.45) is 5.73 Å². The average Bonchev–Trinajstić information content (AvgIpc) is 2.18. The molecule has 70 valence electrons. The summed E-state index contributed by atoms with van der Waals surface area (Å²) in [7, 11) is 1.72. The Balaban J connectivity index is 2.68. The first-order valence-corrected chi connectivity index (χ1v) is 4.11. The first-order chi connectivity index (χ1) is 6.25. The number of pyridine rings is 1. The third-order valence-corrected chi connectivity index (χ3v) is 1.72. The van der Waals surface area contributed by atoms with Crippen molar-refractivity contribution >= 4 is 5.91 Å². The molecule has 0 aliphatic rings. The number of hydrogen-bond donors (Lipinski definition) is 1. The van der Waals surface area contributed by atoms with Crippen LogP contribution in [0.25, 0.3) is 0 Å². The monoisotopic (exact) mass is 179 g/mol. The van der Waals surface area contributed by atoms with E-state index in [-0.39, 0.29) is 5.91 Å². The summed E-state index contributed by atoms with van der Waals surface area (Å²) >= 11 is 0. The number of carbonyl (C=O) groups is 1. The Bertz CT molecular complexity index is 273. The lowest BCUT2D eigenvalue weighted by Gasteiger charge is -2.15. The van der Waals surface area contributed by atoms with Crippen LogP contribution in [-0.2, 0) is 0 Å². The molecule has 4 heteroatoms. The molecule has 1 aromatic heterocycles. The van der Waals surface area contributed by atoms with Gasteiger partial charge in [0, 0.05) is 32.5 Å². The zero-order valence-corrected chi connectivity index (χ0v) is 7.60. The Morgan fingerprint density at radius 3 is 3.00 bits per heavy atom. The second-order valence-electron chi connectivity index (χ2n) is 2.76. The standard InChI is InChI=1S/C9H13N3O/c1-12(6-4-10)9(13)8-3-2-5-11-7-8/h2-3,5,7H,4,6,10H2,1H3. The molecule has 13 heavy (non-hydrogen) atoms. The van der Waals surface area contributed by atoms with Gasteiger partial charge in [0.15, 0.2) is 0 Å². The summed E-state index contributed by atoms with van der Waals surface area (Å²) in [6.45, 7) is 1.04. The molecule has 0 saturated heterocycles. The van der Waals surface area contributed by atoms with E-state index < -0.39 is 0 Å². The van der Waals surface area contributed by atoms with Crippen LogP contribution in [0, 0.1) is 0 Å². The lowest BCUT2D eigenvalue weighted by atomic mass is 10.2. The van der Waals surface area contributed by atoms with Crippen molar-refractivity contribution in [3.05, 3.63) is 30.1 Å². The number of carbonyl (C=O) groups excluding carboxylic acids is 1. The molecule has 0 aliphatic heterocycles. The number of likely N-dealkylation sites (N-methyl/N-ethyl adjacent to an activating group) is 1. The number of amides is 1. The Morgan fingerprint density at radius 1 is 1.69 bits per heavy atom. The molecule has 1 aromatic rings. The second-order valence-corrected chi connectivity index (χ2v) is 2.76. The molecule has 0 aliphatic carbocycles. The highest BCUT2D eigenvalue weighted by Crippen LogP contribution is 1.99. The third-order valence-electron chi connectivity index (χ3n) is 1.72. The van der Waals surface area contributed by atoms with Gasteiger partial charge in [-0.05, 0) is 12.1 Å². The largest absolute Gasteiger partial charge is 0.340 e. The predicted molar refractivity (Wildman–Crippen MR) is 50.3 cm³/mol. The smallest absolute Gasteiger partial charge is 0.255 e. The fraction of sp³-hybridized carbons (Fsp3) is 0.333. The van der Waals surface area contributed by atoms with Crippen molar-refractivity contribution in [3.63, 3.8) is 0 Å². The highest BCUT2D eigenvalue weighted by atomic mass is 16.2. The SMILES string of the molecule is CN(CCN)C(=O)c1cccnc1. The molecule has 0 spiro atoms. The van der Waals surface area contributed by atoms with Gasteiger partial charge >= 0.3 is 0 Å². The van der Waals surface area contributed by atoms with Gasteiger partial charge in [-0.2, -0.15) is 0 Å². The summed E-state index contributed by atoms with van der Waals surface area (Å²) in [5.41, 5.74) is 5.93. The molecular formula is C9H13N3O. The molecule has 0 bridgehead atoms. The van der Waals surface area contributed by atoms with E-state index in [1.54, 1.807) is 36.5 Å². The van der Waals surface area contributed by atoms with Crippen LogP contribution >= 0.6 is 0 Å². The van der Waals surface area contributed by atoms with Crippen LogP contribution in [0.2, 0.25) is 0 Å². The van der Waals surface area contributed by atoms with Crippen LogP contribution in [-0.4, -0.2) is 35.9 Å². The van der Waals surface area contributed by atoms with Crippen LogP contribution in [0.3, 0.4) is 0 Å². The molecular weight excluding hydrogens is 166 g/mol. The molecule has 2 N–H and O–H groups in total. The van der Waals surface area contributed by atoms with Gasteiger partial charge in [-0.1, -0.05) is 0 Å². The van der Waals surface area contributed by atoms with Crippen molar-refractivity contribution < 1.29 is 4.79 Å². The Labute approximate surface area is 77.4 Å². The molecule has 0 aromatic carbocycles. The van der Waals surface area contributed by atoms with Crippen LogP contribution < -0.4 is 5.73 Å². The lowest BCUT2D eigenvalue weighted by molar-refractivity contribution is 0.0798. The third kappa shape index (κ3) is 2.52.